The molecule has 3 heterocycles. The van der Waals surface area contributed by atoms with Crippen molar-refractivity contribution in [1.29, 1.82) is 0 Å². The van der Waals surface area contributed by atoms with E-state index in [1.807, 2.05) is 30.6 Å². The molecule has 0 saturated heterocycles. The molecule has 0 aliphatic heterocycles. The molecule has 0 atom stereocenters. The lowest BCUT2D eigenvalue weighted by atomic mass is 9.93. The maximum atomic E-state index is 9.69. The lowest BCUT2D eigenvalue weighted by Gasteiger charge is -2.26. The molecule has 0 bridgehead atoms. The first kappa shape index (κ1) is 19.9. The fraction of sp³-hybridized carbons (Fsp3) is 0.292. The highest BCUT2D eigenvalue weighted by Crippen LogP contribution is 2.32. The Balaban J connectivity index is 1.32. The van der Waals surface area contributed by atoms with Crippen LogP contribution in [-0.4, -0.2) is 32.2 Å². The fourth-order valence-corrected chi connectivity index (χ4v) is 4.91. The van der Waals surface area contributed by atoms with Crippen LogP contribution in [0, 0.1) is 6.92 Å². The first-order chi connectivity index (χ1) is 15.1. The van der Waals surface area contributed by atoms with Crippen LogP contribution in [0.2, 0.25) is 0 Å². The van der Waals surface area contributed by atoms with Crippen molar-refractivity contribution in [3.05, 3.63) is 60.4 Å². The molecule has 1 saturated carbocycles. The van der Waals surface area contributed by atoms with E-state index >= 15 is 0 Å². The number of thiazole rings is 1. The maximum Gasteiger partial charge on any atom is 0.189 e. The molecule has 0 spiro atoms. The van der Waals surface area contributed by atoms with Gasteiger partial charge in [0, 0.05) is 24.0 Å². The molecule has 3 aromatic heterocycles. The molecule has 158 valence electrons. The minimum atomic E-state index is -0.152. The third-order valence-corrected chi connectivity index (χ3v) is 6.56. The zero-order valence-corrected chi connectivity index (χ0v) is 18.2. The highest BCUT2D eigenvalue weighted by atomic mass is 32.1. The van der Waals surface area contributed by atoms with Gasteiger partial charge in [-0.25, -0.2) is 9.97 Å². The molecule has 0 radical (unpaired) electrons. The third kappa shape index (κ3) is 4.68. The lowest BCUT2D eigenvalue weighted by Crippen LogP contribution is -2.28. The van der Waals surface area contributed by atoms with E-state index in [1.54, 1.807) is 11.3 Å². The zero-order chi connectivity index (χ0) is 21.2. The number of fused-ring (bicyclic) bond motifs is 1. The monoisotopic (exact) mass is 431 g/mol. The number of nitrogens with one attached hydrogen (secondary N) is 2. The number of aryl methyl sites for hydroxylation is 1. The summed E-state index contributed by atoms with van der Waals surface area (Å²) < 4.78 is 1.12. The van der Waals surface area contributed by atoms with Gasteiger partial charge in [-0.05, 0) is 74.1 Å². The van der Waals surface area contributed by atoms with Gasteiger partial charge in [-0.2, -0.15) is 0 Å². The molecule has 7 heteroatoms. The fourth-order valence-electron chi connectivity index (χ4n) is 3.99. The Hall–Kier alpha value is -3.03. The first-order valence-corrected chi connectivity index (χ1v) is 11.5. The van der Waals surface area contributed by atoms with Crippen LogP contribution in [0.1, 0.15) is 31.2 Å². The quantitative estimate of drug-likeness (QED) is 0.386. The smallest absolute Gasteiger partial charge is 0.189 e. The van der Waals surface area contributed by atoms with Gasteiger partial charge < -0.3 is 15.7 Å². The molecule has 5 rings (SSSR count). The van der Waals surface area contributed by atoms with Gasteiger partial charge in [-0.3, -0.25) is 4.98 Å². The summed E-state index contributed by atoms with van der Waals surface area (Å²) in [4.78, 5) is 13.7. The van der Waals surface area contributed by atoms with Gasteiger partial charge in [0.05, 0.1) is 16.3 Å². The molecule has 4 aromatic rings. The minimum absolute atomic E-state index is 0.152. The zero-order valence-electron chi connectivity index (χ0n) is 17.4. The second-order valence-corrected chi connectivity index (χ2v) is 9.17. The average Bonchev–Trinajstić information content (AvgIpc) is 3.17. The normalized spacial score (nSPS) is 18.8. The number of benzene rings is 1. The number of aliphatic hydroxyl groups excluding tert-OH is 1. The molecule has 6 nitrogen and oxygen atoms in total. The largest absolute Gasteiger partial charge is 0.393 e. The Morgan fingerprint density at radius 3 is 2.61 bits per heavy atom. The first-order valence-electron chi connectivity index (χ1n) is 10.6. The summed E-state index contributed by atoms with van der Waals surface area (Å²) >= 11 is 1.62. The molecule has 1 aliphatic carbocycles. The Morgan fingerprint density at radius 2 is 1.77 bits per heavy atom. The standard InChI is InChI=1S/C24H25N5OS/c1-15-11-17(14-25-13-15)16-5-10-20-21(12-16)31-24(27-20)29-23-4-2-3-22(28-23)26-18-6-8-19(30)9-7-18/h2-5,10-14,18-19,30H,6-9H2,1H3,(H2,26,27,28,29). The number of pyridine rings is 2. The second-order valence-electron chi connectivity index (χ2n) is 8.14. The summed E-state index contributed by atoms with van der Waals surface area (Å²) in [5, 5.41) is 17.4. The van der Waals surface area contributed by atoms with Gasteiger partial charge in [0.2, 0.25) is 0 Å². The summed E-state index contributed by atoms with van der Waals surface area (Å²) in [6.45, 7) is 2.05. The van der Waals surface area contributed by atoms with Crippen molar-refractivity contribution >= 4 is 38.3 Å². The number of nitrogens with zero attached hydrogens (tertiary/aromatic N) is 3. The van der Waals surface area contributed by atoms with Gasteiger partial charge in [-0.1, -0.05) is 23.5 Å². The van der Waals surface area contributed by atoms with Crippen LogP contribution in [0.5, 0.6) is 0 Å². The lowest BCUT2D eigenvalue weighted by molar-refractivity contribution is 0.126. The Labute approximate surface area is 185 Å². The van der Waals surface area contributed by atoms with Crippen LogP contribution >= 0.6 is 11.3 Å². The number of rotatable bonds is 5. The average molecular weight is 432 g/mol. The molecule has 0 unspecified atom stereocenters. The van der Waals surface area contributed by atoms with Crippen LogP contribution in [0.4, 0.5) is 16.8 Å². The summed E-state index contributed by atoms with van der Waals surface area (Å²) in [6, 6.07) is 14.7. The number of anilines is 3. The molecule has 1 aliphatic rings. The topological polar surface area (TPSA) is 83.0 Å². The van der Waals surface area contributed by atoms with Crippen molar-refractivity contribution < 1.29 is 5.11 Å². The highest BCUT2D eigenvalue weighted by molar-refractivity contribution is 7.22. The van der Waals surface area contributed by atoms with Crippen LogP contribution in [0.25, 0.3) is 21.3 Å². The van der Waals surface area contributed by atoms with Crippen LogP contribution in [0.15, 0.2) is 54.9 Å². The van der Waals surface area contributed by atoms with E-state index in [0.29, 0.717) is 6.04 Å². The van der Waals surface area contributed by atoms with Crippen molar-refractivity contribution in [2.45, 2.75) is 44.8 Å². The number of hydrogen-bond donors (Lipinski definition) is 3. The Bertz CT molecular complexity index is 1200. The molecule has 1 fully saturated rings. The van der Waals surface area contributed by atoms with E-state index in [2.05, 4.69) is 46.8 Å². The predicted octanol–water partition coefficient (Wildman–Crippen LogP) is 5.52. The van der Waals surface area contributed by atoms with E-state index < -0.39 is 0 Å². The van der Waals surface area contributed by atoms with E-state index in [0.717, 1.165) is 69.4 Å². The minimum Gasteiger partial charge on any atom is -0.393 e. The molecule has 31 heavy (non-hydrogen) atoms. The molecular weight excluding hydrogens is 406 g/mol. The predicted molar refractivity (Wildman–Crippen MR) is 127 cm³/mol. The van der Waals surface area contributed by atoms with Crippen LogP contribution in [0.3, 0.4) is 0 Å². The molecular formula is C24H25N5OS. The highest BCUT2D eigenvalue weighted by Gasteiger charge is 2.19. The van der Waals surface area contributed by atoms with Crippen molar-refractivity contribution in [1.82, 2.24) is 15.0 Å². The third-order valence-electron chi connectivity index (χ3n) is 5.63. The molecule has 1 aromatic carbocycles. The van der Waals surface area contributed by atoms with Gasteiger partial charge in [0.1, 0.15) is 11.6 Å². The Morgan fingerprint density at radius 1 is 0.935 bits per heavy atom. The summed E-state index contributed by atoms with van der Waals surface area (Å²) in [6.07, 6.45) is 7.24. The van der Waals surface area contributed by atoms with Crippen molar-refractivity contribution in [3.8, 4) is 11.1 Å². The van der Waals surface area contributed by atoms with E-state index in [4.69, 9.17) is 9.97 Å². The van der Waals surface area contributed by atoms with E-state index in [1.165, 1.54) is 0 Å². The van der Waals surface area contributed by atoms with E-state index in [9.17, 15) is 5.11 Å². The SMILES string of the molecule is Cc1cncc(-c2ccc3nc(Nc4cccc(NC5CCC(O)CC5)n4)sc3c2)c1. The summed E-state index contributed by atoms with van der Waals surface area (Å²) in [5.74, 6) is 1.62. The Kier molecular flexibility index (Phi) is 5.53. The maximum absolute atomic E-state index is 9.69. The van der Waals surface area contributed by atoms with Gasteiger partial charge >= 0.3 is 0 Å². The van der Waals surface area contributed by atoms with Gasteiger partial charge in [-0.15, -0.1) is 0 Å². The van der Waals surface area contributed by atoms with Crippen molar-refractivity contribution in [2.24, 2.45) is 0 Å². The van der Waals surface area contributed by atoms with Crippen LogP contribution in [-0.2, 0) is 0 Å². The number of aliphatic hydroxyl groups is 1. The number of aromatic nitrogens is 3. The molecule has 3 N–H and O–H groups in total. The van der Waals surface area contributed by atoms with Crippen LogP contribution < -0.4 is 10.6 Å². The number of hydrogen-bond acceptors (Lipinski definition) is 7. The van der Waals surface area contributed by atoms with Gasteiger partial charge in [0.25, 0.3) is 0 Å². The van der Waals surface area contributed by atoms with Crippen molar-refractivity contribution in [3.63, 3.8) is 0 Å². The van der Waals surface area contributed by atoms with Crippen molar-refractivity contribution in [2.75, 3.05) is 10.6 Å². The molecule has 0 amide bonds. The second kappa shape index (κ2) is 8.61. The van der Waals surface area contributed by atoms with E-state index in [-0.39, 0.29) is 6.10 Å². The summed E-state index contributed by atoms with van der Waals surface area (Å²) in [7, 11) is 0. The van der Waals surface area contributed by atoms with Gasteiger partial charge in [0.15, 0.2) is 5.13 Å². The summed E-state index contributed by atoms with van der Waals surface area (Å²) in [5.41, 5.74) is 4.36.